The maximum absolute atomic E-state index is 11.7. The van der Waals surface area contributed by atoms with Crippen molar-refractivity contribution in [1.29, 1.82) is 0 Å². The van der Waals surface area contributed by atoms with Crippen LogP contribution in [0.4, 0.5) is 5.69 Å². The van der Waals surface area contributed by atoms with E-state index in [4.69, 9.17) is 9.84 Å². The zero-order valence-electron chi connectivity index (χ0n) is 12.7. The molecule has 0 aliphatic carbocycles. The molecule has 0 unspecified atom stereocenters. The molecule has 0 aliphatic heterocycles. The van der Waals surface area contributed by atoms with Crippen LogP contribution >= 0.6 is 0 Å². The van der Waals surface area contributed by atoms with E-state index in [1.165, 1.54) is 4.90 Å². The lowest BCUT2D eigenvalue weighted by Crippen LogP contribution is -2.21. The highest BCUT2D eigenvalue weighted by Gasteiger charge is 2.07. The smallest absolute Gasteiger partial charge is 0.341 e. The molecule has 22 heavy (non-hydrogen) atoms. The van der Waals surface area contributed by atoms with Crippen molar-refractivity contribution in [3.8, 4) is 5.75 Å². The third kappa shape index (κ3) is 6.74. The van der Waals surface area contributed by atoms with Gasteiger partial charge in [0.25, 0.3) is 0 Å². The molecule has 2 N–H and O–H groups in total. The van der Waals surface area contributed by atoms with Crippen LogP contribution in [0.2, 0.25) is 0 Å². The summed E-state index contributed by atoms with van der Waals surface area (Å²) < 4.78 is 4.99. The van der Waals surface area contributed by atoms with E-state index >= 15 is 0 Å². The molecule has 0 heterocycles. The van der Waals surface area contributed by atoms with E-state index in [0.717, 1.165) is 0 Å². The Morgan fingerprint density at radius 1 is 1.14 bits per heavy atom. The Labute approximate surface area is 128 Å². The molecule has 2 amide bonds. The maximum atomic E-state index is 11.7. The van der Waals surface area contributed by atoms with E-state index in [-0.39, 0.29) is 18.2 Å². The maximum Gasteiger partial charge on any atom is 0.341 e. The molecule has 0 aromatic heterocycles. The van der Waals surface area contributed by atoms with Gasteiger partial charge in [-0.1, -0.05) is 0 Å². The fourth-order valence-corrected chi connectivity index (χ4v) is 1.63. The van der Waals surface area contributed by atoms with Gasteiger partial charge in [0.1, 0.15) is 5.75 Å². The van der Waals surface area contributed by atoms with E-state index in [9.17, 15) is 14.4 Å². The molecular weight excluding hydrogens is 288 g/mol. The van der Waals surface area contributed by atoms with Gasteiger partial charge < -0.3 is 20.1 Å². The quantitative estimate of drug-likeness (QED) is 0.755. The first-order chi connectivity index (χ1) is 10.4. The Hall–Kier alpha value is -2.57. The van der Waals surface area contributed by atoms with Crippen molar-refractivity contribution < 1.29 is 24.2 Å². The summed E-state index contributed by atoms with van der Waals surface area (Å²) in [5.74, 6) is -0.819. The Bertz CT molecular complexity index is 525. The van der Waals surface area contributed by atoms with Crippen molar-refractivity contribution in [3.05, 3.63) is 24.3 Å². The molecule has 0 aliphatic rings. The first kappa shape index (κ1) is 17.5. The first-order valence-electron chi connectivity index (χ1n) is 6.83. The molecule has 7 nitrogen and oxygen atoms in total. The van der Waals surface area contributed by atoms with Crippen LogP contribution in [0.5, 0.6) is 5.75 Å². The molecule has 0 fully saturated rings. The molecular formula is C15H20N2O5. The Kier molecular flexibility index (Phi) is 6.88. The standard InChI is InChI=1S/C15H20N2O5/c1-17(2)14(19)5-3-4-13(18)16-11-6-8-12(9-7-11)22-10-15(20)21/h6-9H,3-5,10H2,1-2H3,(H,16,18)(H,20,21). The fourth-order valence-electron chi connectivity index (χ4n) is 1.63. The minimum absolute atomic E-state index is 0.00673. The molecule has 120 valence electrons. The van der Waals surface area contributed by atoms with Gasteiger partial charge in [0.15, 0.2) is 6.61 Å². The molecule has 7 heteroatoms. The number of anilines is 1. The SMILES string of the molecule is CN(C)C(=O)CCCC(=O)Nc1ccc(OCC(=O)O)cc1. The Morgan fingerprint density at radius 3 is 2.32 bits per heavy atom. The van der Waals surface area contributed by atoms with Gasteiger partial charge in [-0.15, -0.1) is 0 Å². The minimum Gasteiger partial charge on any atom is -0.482 e. The third-order valence-corrected chi connectivity index (χ3v) is 2.79. The highest BCUT2D eigenvalue weighted by Crippen LogP contribution is 2.16. The predicted octanol–water partition coefficient (Wildman–Crippen LogP) is 1.35. The summed E-state index contributed by atoms with van der Waals surface area (Å²) in [5.41, 5.74) is 0.589. The molecule has 0 saturated carbocycles. The fraction of sp³-hybridized carbons (Fsp3) is 0.400. The second-order valence-corrected chi connectivity index (χ2v) is 4.90. The number of amides is 2. The molecule has 0 spiro atoms. The molecule has 0 radical (unpaired) electrons. The summed E-state index contributed by atoms with van der Waals surface area (Å²) in [6, 6.07) is 6.41. The van der Waals surface area contributed by atoms with Crippen molar-refractivity contribution in [2.75, 3.05) is 26.0 Å². The molecule has 0 atom stereocenters. The summed E-state index contributed by atoms with van der Waals surface area (Å²) in [6.07, 6.45) is 1.09. The van der Waals surface area contributed by atoms with Gasteiger partial charge in [-0.2, -0.15) is 0 Å². The lowest BCUT2D eigenvalue weighted by Gasteiger charge is -2.10. The molecule has 0 bridgehead atoms. The highest BCUT2D eigenvalue weighted by molar-refractivity contribution is 5.91. The second kappa shape index (κ2) is 8.66. The third-order valence-electron chi connectivity index (χ3n) is 2.79. The largest absolute Gasteiger partial charge is 0.482 e. The van der Waals surface area contributed by atoms with E-state index in [0.29, 0.717) is 24.3 Å². The molecule has 1 rings (SSSR count). The van der Waals surface area contributed by atoms with Crippen LogP contribution in [0.15, 0.2) is 24.3 Å². The van der Waals surface area contributed by atoms with E-state index < -0.39 is 12.6 Å². The number of benzene rings is 1. The van der Waals surface area contributed by atoms with Crippen molar-refractivity contribution in [2.24, 2.45) is 0 Å². The average Bonchev–Trinajstić information content (AvgIpc) is 2.46. The second-order valence-electron chi connectivity index (χ2n) is 4.90. The zero-order chi connectivity index (χ0) is 16.5. The van der Waals surface area contributed by atoms with E-state index in [1.807, 2.05) is 0 Å². The lowest BCUT2D eigenvalue weighted by atomic mass is 10.2. The number of carboxylic acid groups (broad SMARTS) is 1. The van der Waals surface area contributed by atoms with Gasteiger partial charge >= 0.3 is 5.97 Å². The number of rotatable bonds is 8. The van der Waals surface area contributed by atoms with Gasteiger partial charge in [-0.25, -0.2) is 4.79 Å². The normalized spacial score (nSPS) is 9.91. The van der Waals surface area contributed by atoms with Crippen LogP contribution < -0.4 is 10.1 Å². The Balaban J connectivity index is 2.35. The van der Waals surface area contributed by atoms with Crippen LogP contribution in [0.3, 0.4) is 0 Å². The van der Waals surface area contributed by atoms with Gasteiger partial charge in [0, 0.05) is 32.6 Å². The molecule has 0 saturated heterocycles. The number of nitrogens with one attached hydrogen (secondary N) is 1. The van der Waals surface area contributed by atoms with Gasteiger partial charge in [-0.3, -0.25) is 9.59 Å². The first-order valence-corrected chi connectivity index (χ1v) is 6.83. The summed E-state index contributed by atoms with van der Waals surface area (Å²) in [4.78, 5) is 34.9. The number of carbonyl (C=O) groups is 3. The molecule has 1 aromatic carbocycles. The average molecular weight is 308 g/mol. The van der Waals surface area contributed by atoms with E-state index in [2.05, 4.69) is 5.32 Å². The molecule has 1 aromatic rings. The number of ether oxygens (including phenoxy) is 1. The highest BCUT2D eigenvalue weighted by atomic mass is 16.5. The Morgan fingerprint density at radius 2 is 1.77 bits per heavy atom. The number of nitrogens with zero attached hydrogens (tertiary/aromatic N) is 1. The predicted molar refractivity (Wildman–Crippen MR) is 80.7 cm³/mol. The van der Waals surface area contributed by atoms with E-state index in [1.54, 1.807) is 38.4 Å². The number of carboxylic acids is 1. The van der Waals surface area contributed by atoms with Crippen LogP contribution in [-0.4, -0.2) is 48.5 Å². The minimum atomic E-state index is -1.05. The van der Waals surface area contributed by atoms with Crippen LogP contribution in [-0.2, 0) is 14.4 Å². The summed E-state index contributed by atoms with van der Waals surface area (Å²) in [5, 5.41) is 11.2. The zero-order valence-corrected chi connectivity index (χ0v) is 12.7. The van der Waals surface area contributed by atoms with Gasteiger partial charge in [0.2, 0.25) is 11.8 Å². The number of carbonyl (C=O) groups excluding carboxylic acids is 2. The van der Waals surface area contributed by atoms with Crippen molar-refractivity contribution >= 4 is 23.5 Å². The van der Waals surface area contributed by atoms with Gasteiger partial charge in [0.05, 0.1) is 0 Å². The number of hydrogen-bond donors (Lipinski definition) is 2. The number of aliphatic carboxylic acids is 1. The van der Waals surface area contributed by atoms with Crippen molar-refractivity contribution in [2.45, 2.75) is 19.3 Å². The van der Waals surface area contributed by atoms with Crippen molar-refractivity contribution in [1.82, 2.24) is 4.90 Å². The monoisotopic (exact) mass is 308 g/mol. The van der Waals surface area contributed by atoms with Crippen LogP contribution in [0, 0.1) is 0 Å². The topological polar surface area (TPSA) is 95.9 Å². The summed E-state index contributed by atoms with van der Waals surface area (Å²) in [6.45, 7) is -0.411. The van der Waals surface area contributed by atoms with Crippen LogP contribution in [0.25, 0.3) is 0 Å². The van der Waals surface area contributed by atoms with Crippen LogP contribution in [0.1, 0.15) is 19.3 Å². The van der Waals surface area contributed by atoms with Gasteiger partial charge in [-0.05, 0) is 30.7 Å². The number of hydrogen-bond acceptors (Lipinski definition) is 4. The summed E-state index contributed by atoms with van der Waals surface area (Å²) >= 11 is 0. The lowest BCUT2D eigenvalue weighted by molar-refractivity contribution is -0.139. The van der Waals surface area contributed by atoms with Crippen molar-refractivity contribution in [3.63, 3.8) is 0 Å². The summed E-state index contributed by atoms with van der Waals surface area (Å²) in [7, 11) is 3.35.